The summed E-state index contributed by atoms with van der Waals surface area (Å²) in [6, 6.07) is 5.70. The molecule has 2 fully saturated rings. The summed E-state index contributed by atoms with van der Waals surface area (Å²) in [5.74, 6) is 0. The molecule has 1 amide bonds. The third kappa shape index (κ3) is 3.26. The van der Waals surface area contributed by atoms with Crippen molar-refractivity contribution in [2.45, 2.75) is 51.0 Å². The summed E-state index contributed by atoms with van der Waals surface area (Å²) in [5, 5.41) is 1.05. The number of fused-ring (bicyclic) bond motifs is 1. The fourth-order valence-electron chi connectivity index (χ4n) is 4.18. The van der Waals surface area contributed by atoms with Gasteiger partial charge in [0, 0.05) is 30.3 Å². The number of benzene rings is 1. The minimum Gasteiger partial charge on any atom is -0.444 e. The maximum atomic E-state index is 12.4. The SMILES string of the molecule is CC(C)(C)OC(=O)N1CCC2(c3ccc(Cl)c(Cl)c3)CC2(CC=O)C1. The first kappa shape index (κ1) is 18.5. The summed E-state index contributed by atoms with van der Waals surface area (Å²) >= 11 is 12.2. The van der Waals surface area contributed by atoms with Crippen LogP contribution in [-0.2, 0) is 14.9 Å². The standard InChI is InChI=1S/C19H23Cl2NO3/c1-17(2,3)25-16(24)22-8-6-19(11-18(19,12-22)7-9-23)13-4-5-14(20)15(21)10-13/h4-5,9-10H,6-8,11-12H2,1-3H3. The van der Waals surface area contributed by atoms with Crippen molar-refractivity contribution in [1.82, 2.24) is 4.90 Å². The molecule has 1 aliphatic heterocycles. The Labute approximate surface area is 158 Å². The zero-order chi connectivity index (χ0) is 18.5. The molecule has 0 aromatic heterocycles. The normalized spacial score (nSPS) is 28.3. The van der Waals surface area contributed by atoms with Crippen LogP contribution >= 0.6 is 23.2 Å². The molecule has 1 aliphatic carbocycles. The molecule has 2 aliphatic rings. The van der Waals surface area contributed by atoms with E-state index < -0.39 is 5.60 Å². The molecule has 2 unspecified atom stereocenters. The molecule has 136 valence electrons. The fraction of sp³-hybridized carbons (Fsp3) is 0.579. The Morgan fingerprint density at radius 3 is 2.64 bits per heavy atom. The van der Waals surface area contributed by atoms with Gasteiger partial charge in [0.25, 0.3) is 0 Å². The fourth-order valence-corrected chi connectivity index (χ4v) is 4.48. The molecular weight excluding hydrogens is 361 g/mol. The molecule has 4 nitrogen and oxygen atoms in total. The summed E-state index contributed by atoms with van der Waals surface area (Å²) < 4.78 is 5.50. The molecular formula is C19H23Cl2NO3. The van der Waals surface area contributed by atoms with Gasteiger partial charge in [-0.15, -0.1) is 0 Å². The quantitative estimate of drug-likeness (QED) is 0.700. The molecule has 2 atom stereocenters. The Balaban J connectivity index is 1.85. The number of ether oxygens (including phenoxy) is 1. The molecule has 6 heteroatoms. The molecule has 0 spiro atoms. The lowest BCUT2D eigenvalue weighted by molar-refractivity contribution is -0.109. The first-order valence-corrected chi connectivity index (χ1v) is 9.25. The molecule has 0 bridgehead atoms. The lowest BCUT2D eigenvalue weighted by Gasteiger charge is -2.38. The van der Waals surface area contributed by atoms with Gasteiger partial charge >= 0.3 is 6.09 Å². The van der Waals surface area contributed by atoms with E-state index in [9.17, 15) is 9.59 Å². The number of amides is 1. The van der Waals surface area contributed by atoms with Crippen LogP contribution in [0.4, 0.5) is 4.79 Å². The highest BCUT2D eigenvalue weighted by atomic mass is 35.5. The molecule has 3 rings (SSSR count). The van der Waals surface area contributed by atoms with Gasteiger partial charge in [0.1, 0.15) is 11.9 Å². The monoisotopic (exact) mass is 383 g/mol. The summed E-state index contributed by atoms with van der Waals surface area (Å²) in [7, 11) is 0. The highest BCUT2D eigenvalue weighted by Crippen LogP contribution is 2.70. The van der Waals surface area contributed by atoms with Gasteiger partial charge in [-0.05, 0) is 51.3 Å². The van der Waals surface area contributed by atoms with Crippen molar-refractivity contribution < 1.29 is 14.3 Å². The van der Waals surface area contributed by atoms with Crippen molar-refractivity contribution in [3.63, 3.8) is 0 Å². The second-order valence-electron chi connectivity index (χ2n) is 8.19. The van der Waals surface area contributed by atoms with Crippen LogP contribution in [0.25, 0.3) is 0 Å². The van der Waals surface area contributed by atoms with Crippen molar-refractivity contribution in [2.24, 2.45) is 5.41 Å². The minimum absolute atomic E-state index is 0.110. The summed E-state index contributed by atoms with van der Waals surface area (Å²) in [5.41, 5.74) is 0.228. The number of aldehydes is 1. The van der Waals surface area contributed by atoms with Gasteiger partial charge in [-0.1, -0.05) is 29.3 Å². The van der Waals surface area contributed by atoms with Crippen LogP contribution in [-0.4, -0.2) is 36.0 Å². The zero-order valence-electron chi connectivity index (χ0n) is 14.8. The Bertz CT molecular complexity index is 715. The lowest BCUT2D eigenvalue weighted by atomic mass is 9.79. The second kappa shape index (κ2) is 6.17. The van der Waals surface area contributed by atoms with Crippen LogP contribution in [0.15, 0.2) is 18.2 Å². The van der Waals surface area contributed by atoms with Crippen LogP contribution in [0.3, 0.4) is 0 Å². The van der Waals surface area contributed by atoms with Gasteiger partial charge in [-0.25, -0.2) is 4.79 Å². The van der Waals surface area contributed by atoms with E-state index in [4.69, 9.17) is 27.9 Å². The smallest absolute Gasteiger partial charge is 0.410 e. The van der Waals surface area contributed by atoms with Crippen LogP contribution < -0.4 is 0 Å². The number of hydrogen-bond donors (Lipinski definition) is 0. The van der Waals surface area contributed by atoms with E-state index >= 15 is 0 Å². The van der Waals surface area contributed by atoms with Crippen molar-refractivity contribution >= 4 is 35.6 Å². The van der Waals surface area contributed by atoms with Gasteiger partial charge in [-0.3, -0.25) is 0 Å². The minimum atomic E-state index is -0.531. The van der Waals surface area contributed by atoms with Crippen molar-refractivity contribution in [2.75, 3.05) is 13.1 Å². The predicted molar refractivity (Wildman–Crippen MR) is 98.3 cm³/mol. The Kier molecular flexibility index (Phi) is 4.57. The number of carbonyl (C=O) groups excluding carboxylic acids is 2. The average molecular weight is 384 g/mol. The molecule has 1 aromatic rings. The van der Waals surface area contributed by atoms with Gasteiger partial charge in [-0.2, -0.15) is 0 Å². The van der Waals surface area contributed by atoms with Gasteiger partial charge in [0.15, 0.2) is 0 Å². The number of piperidine rings is 1. The topological polar surface area (TPSA) is 46.6 Å². The summed E-state index contributed by atoms with van der Waals surface area (Å²) in [6.45, 7) is 6.70. The highest BCUT2D eigenvalue weighted by molar-refractivity contribution is 6.42. The van der Waals surface area contributed by atoms with E-state index in [1.807, 2.05) is 32.9 Å². The van der Waals surface area contributed by atoms with E-state index in [0.717, 1.165) is 24.7 Å². The van der Waals surface area contributed by atoms with Crippen LogP contribution in [0, 0.1) is 5.41 Å². The van der Waals surface area contributed by atoms with Gasteiger partial charge < -0.3 is 14.4 Å². The van der Waals surface area contributed by atoms with E-state index in [0.29, 0.717) is 29.6 Å². The van der Waals surface area contributed by atoms with Crippen molar-refractivity contribution in [3.05, 3.63) is 33.8 Å². The molecule has 1 saturated carbocycles. The number of nitrogens with zero attached hydrogens (tertiary/aromatic N) is 1. The van der Waals surface area contributed by atoms with Crippen LogP contribution in [0.2, 0.25) is 10.0 Å². The number of hydrogen-bond acceptors (Lipinski definition) is 3. The third-order valence-electron chi connectivity index (χ3n) is 5.43. The van der Waals surface area contributed by atoms with E-state index in [1.54, 1.807) is 11.0 Å². The molecule has 1 saturated heterocycles. The predicted octanol–water partition coefficient (Wildman–Crippen LogP) is 4.85. The second-order valence-corrected chi connectivity index (χ2v) is 9.01. The van der Waals surface area contributed by atoms with Gasteiger partial charge in [0.2, 0.25) is 0 Å². The number of likely N-dealkylation sites (tertiary alicyclic amines) is 1. The Morgan fingerprint density at radius 1 is 1.32 bits per heavy atom. The number of carbonyl (C=O) groups is 2. The molecule has 1 aromatic carbocycles. The molecule has 25 heavy (non-hydrogen) atoms. The Hall–Kier alpha value is -1.26. The van der Waals surface area contributed by atoms with E-state index in [-0.39, 0.29) is 16.9 Å². The van der Waals surface area contributed by atoms with Crippen LogP contribution in [0.5, 0.6) is 0 Å². The number of rotatable bonds is 3. The lowest BCUT2D eigenvalue weighted by Crippen LogP contribution is -2.47. The molecule has 0 radical (unpaired) electrons. The zero-order valence-corrected chi connectivity index (χ0v) is 16.3. The first-order chi connectivity index (χ1) is 11.6. The van der Waals surface area contributed by atoms with E-state index in [2.05, 4.69) is 0 Å². The average Bonchev–Trinajstić information content (AvgIpc) is 3.17. The largest absolute Gasteiger partial charge is 0.444 e. The van der Waals surface area contributed by atoms with E-state index in [1.165, 1.54) is 0 Å². The molecule has 1 heterocycles. The maximum absolute atomic E-state index is 12.4. The summed E-state index contributed by atoms with van der Waals surface area (Å²) in [4.78, 5) is 25.5. The molecule has 0 N–H and O–H groups in total. The number of halogens is 2. The maximum Gasteiger partial charge on any atom is 0.410 e. The van der Waals surface area contributed by atoms with Crippen molar-refractivity contribution in [3.8, 4) is 0 Å². The highest BCUT2D eigenvalue weighted by Gasteiger charge is 2.69. The first-order valence-electron chi connectivity index (χ1n) is 8.50. The third-order valence-corrected chi connectivity index (χ3v) is 6.17. The van der Waals surface area contributed by atoms with Gasteiger partial charge in [0.05, 0.1) is 10.0 Å². The Morgan fingerprint density at radius 2 is 2.04 bits per heavy atom. The van der Waals surface area contributed by atoms with Crippen molar-refractivity contribution in [1.29, 1.82) is 0 Å². The summed E-state index contributed by atoms with van der Waals surface area (Å²) in [6.07, 6.45) is 2.73. The van der Waals surface area contributed by atoms with Crippen LogP contribution in [0.1, 0.15) is 45.6 Å².